The standard InChI is InChI=1S/C27H36F3N5O8/c1-14(36)19(21(31)38)33-24(41)26(13-16-6-8-17(9-7-16)27(28,29)30)10-4-12-35(26)22(39)18-5-3-11-34(18)23(40)20(15(2)37)43-25(32)42/h6-9,14-15,18-20,36-37H,3-5,10-13H2,1-2H3,(H2,31,38)(H2,32,42)(H,33,41)/t14-,15-,18?,19+,20+,26+/m1/s1. The van der Waals surface area contributed by atoms with Crippen LogP contribution in [-0.2, 0) is 36.5 Å². The van der Waals surface area contributed by atoms with E-state index in [1.54, 1.807) is 0 Å². The van der Waals surface area contributed by atoms with Crippen LogP contribution in [0.4, 0.5) is 18.0 Å². The minimum Gasteiger partial charge on any atom is -0.433 e. The fourth-order valence-electron chi connectivity index (χ4n) is 5.67. The number of halogens is 3. The van der Waals surface area contributed by atoms with E-state index >= 15 is 0 Å². The van der Waals surface area contributed by atoms with E-state index in [1.807, 2.05) is 0 Å². The molecule has 13 nitrogen and oxygen atoms in total. The van der Waals surface area contributed by atoms with Crippen molar-refractivity contribution in [1.82, 2.24) is 15.1 Å². The maximum atomic E-state index is 14.1. The molecule has 0 saturated carbocycles. The van der Waals surface area contributed by atoms with Crippen molar-refractivity contribution in [2.75, 3.05) is 13.1 Å². The molecule has 0 aliphatic carbocycles. The smallest absolute Gasteiger partial charge is 0.416 e. The fraction of sp³-hybridized carbons (Fsp3) is 0.593. The molecule has 2 aliphatic heterocycles. The number of ether oxygens (including phenoxy) is 1. The van der Waals surface area contributed by atoms with Crippen LogP contribution in [0.2, 0.25) is 0 Å². The van der Waals surface area contributed by atoms with Gasteiger partial charge in [0.2, 0.25) is 23.8 Å². The van der Waals surface area contributed by atoms with E-state index in [9.17, 15) is 47.4 Å². The predicted octanol–water partition coefficient (Wildman–Crippen LogP) is -0.204. The molecule has 2 heterocycles. The van der Waals surface area contributed by atoms with E-state index in [4.69, 9.17) is 16.2 Å². The molecule has 2 saturated heterocycles. The second kappa shape index (κ2) is 13.2. The van der Waals surface area contributed by atoms with Gasteiger partial charge in [0.1, 0.15) is 17.6 Å². The molecule has 5 amide bonds. The van der Waals surface area contributed by atoms with Crippen LogP contribution in [0.3, 0.4) is 0 Å². The van der Waals surface area contributed by atoms with Gasteiger partial charge in [0, 0.05) is 19.5 Å². The Kier molecular flexibility index (Phi) is 10.3. The van der Waals surface area contributed by atoms with Crippen LogP contribution < -0.4 is 16.8 Å². The number of benzene rings is 1. The van der Waals surface area contributed by atoms with Crippen molar-refractivity contribution in [2.45, 2.75) is 88.1 Å². The number of hydrogen-bond acceptors (Lipinski definition) is 8. The third kappa shape index (κ3) is 7.36. The largest absolute Gasteiger partial charge is 0.433 e. The van der Waals surface area contributed by atoms with Crippen LogP contribution in [0.5, 0.6) is 0 Å². The molecule has 0 bridgehead atoms. The molecule has 0 radical (unpaired) electrons. The first-order valence-corrected chi connectivity index (χ1v) is 13.7. The van der Waals surface area contributed by atoms with Gasteiger partial charge in [0.25, 0.3) is 5.91 Å². The van der Waals surface area contributed by atoms with Crippen molar-refractivity contribution in [3.8, 4) is 0 Å². The lowest BCUT2D eigenvalue weighted by Gasteiger charge is -2.41. The second-order valence-electron chi connectivity index (χ2n) is 10.9. The Bertz CT molecular complexity index is 1230. The molecule has 3 rings (SSSR count). The number of nitrogens with one attached hydrogen (secondary N) is 1. The van der Waals surface area contributed by atoms with Crippen LogP contribution in [0.25, 0.3) is 0 Å². The highest BCUT2D eigenvalue weighted by Crippen LogP contribution is 2.37. The van der Waals surface area contributed by atoms with Gasteiger partial charge in [-0.1, -0.05) is 12.1 Å². The number of amides is 5. The highest BCUT2D eigenvalue weighted by molar-refractivity contribution is 5.98. The Morgan fingerprint density at radius 3 is 2.19 bits per heavy atom. The maximum absolute atomic E-state index is 14.1. The number of likely N-dealkylation sites (tertiary alicyclic amines) is 2. The molecule has 2 aliphatic rings. The van der Waals surface area contributed by atoms with Gasteiger partial charge in [0.05, 0.1) is 17.8 Å². The second-order valence-corrected chi connectivity index (χ2v) is 10.9. The van der Waals surface area contributed by atoms with Crippen LogP contribution in [0.15, 0.2) is 24.3 Å². The zero-order valence-electron chi connectivity index (χ0n) is 23.7. The van der Waals surface area contributed by atoms with Crippen LogP contribution in [-0.4, -0.2) is 98.8 Å². The molecule has 0 aromatic heterocycles. The molecular weight excluding hydrogens is 579 g/mol. The van der Waals surface area contributed by atoms with E-state index in [1.165, 1.54) is 30.9 Å². The lowest BCUT2D eigenvalue weighted by molar-refractivity contribution is -0.156. The summed E-state index contributed by atoms with van der Waals surface area (Å²) in [5.74, 6) is -3.45. The van der Waals surface area contributed by atoms with Crippen molar-refractivity contribution in [2.24, 2.45) is 11.5 Å². The molecule has 6 atom stereocenters. The van der Waals surface area contributed by atoms with Crippen molar-refractivity contribution < 1.29 is 52.1 Å². The first-order chi connectivity index (χ1) is 20.0. The summed E-state index contributed by atoms with van der Waals surface area (Å²) < 4.78 is 44.3. The number of aliphatic hydroxyl groups is 2. The average molecular weight is 616 g/mol. The van der Waals surface area contributed by atoms with Gasteiger partial charge in [-0.15, -0.1) is 0 Å². The third-order valence-corrected chi connectivity index (χ3v) is 7.78. The molecule has 238 valence electrons. The summed E-state index contributed by atoms with van der Waals surface area (Å²) in [4.78, 5) is 66.9. The number of primary amides is 2. The van der Waals surface area contributed by atoms with E-state index < -0.39 is 77.4 Å². The van der Waals surface area contributed by atoms with E-state index in [0.29, 0.717) is 6.42 Å². The van der Waals surface area contributed by atoms with Gasteiger partial charge in [-0.2, -0.15) is 13.2 Å². The topological polar surface area (TPSA) is 206 Å². The van der Waals surface area contributed by atoms with Gasteiger partial charge in [0.15, 0.2) is 0 Å². The number of carbonyl (C=O) groups is 5. The van der Waals surface area contributed by atoms with Crippen LogP contribution in [0.1, 0.15) is 50.7 Å². The Balaban J connectivity index is 2.00. The number of nitrogens with zero attached hydrogens (tertiary/aromatic N) is 2. The number of rotatable bonds is 10. The predicted molar refractivity (Wildman–Crippen MR) is 143 cm³/mol. The van der Waals surface area contributed by atoms with Gasteiger partial charge in [-0.3, -0.25) is 19.2 Å². The Labute approximate surface area is 245 Å². The minimum absolute atomic E-state index is 0.0267. The highest BCUT2D eigenvalue weighted by Gasteiger charge is 2.53. The quantitative estimate of drug-likeness (QED) is 0.238. The summed E-state index contributed by atoms with van der Waals surface area (Å²) in [6, 6.07) is 1.38. The minimum atomic E-state index is -4.60. The van der Waals surface area contributed by atoms with Crippen molar-refractivity contribution in [3.63, 3.8) is 0 Å². The lowest BCUT2D eigenvalue weighted by Crippen LogP contribution is -2.65. The fourth-order valence-corrected chi connectivity index (χ4v) is 5.67. The molecule has 1 aromatic rings. The first kappa shape index (κ1) is 33.6. The number of nitrogens with two attached hydrogens (primary N) is 2. The SMILES string of the molecule is C[C@@H](O)[C@H](NC(=O)[C@@]1(Cc2ccc(C(F)(F)F)cc2)CCCN1C(=O)C1CCCN1C(=O)[C@@H](OC(N)=O)[C@@H](C)O)C(N)=O. The van der Waals surface area contributed by atoms with Crippen LogP contribution >= 0.6 is 0 Å². The normalized spacial score (nSPS) is 23.3. The first-order valence-electron chi connectivity index (χ1n) is 13.7. The molecule has 16 heteroatoms. The summed E-state index contributed by atoms with van der Waals surface area (Å²) in [7, 11) is 0. The highest BCUT2D eigenvalue weighted by atomic mass is 19.4. The van der Waals surface area contributed by atoms with Crippen molar-refractivity contribution >= 4 is 29.7 Å². The summed E-state index contributed by atoms with van der Waals surface area (Å²) in [5, 5.41) is 22.5. The molecule has 7 N–H and O–H groups in total. The molecule has 2 fully saturated rings. The Morgan fingerprint density at radius 1 is 1.05 bits per heavy atom. The zero-order valence-corrected chi connectivity index (χ0v) is 23.7. The summed E-state index contributed by atoms with van der Waals surface area (Å²) in [6.45, 7) is 2.53. The number of alkyl halides is 3. The summed E-state index contributed by atoms with van der Waals surface area (Å²) in [6.07, 6.45) is -9.86. The summed E-state index contributed by atoms with van der Waals surface area (Å²) in [5.41, 5.74) is 8.03. The Morgan fingerprint density at radius 2 is 1.67 bits per heavy atom. The third-order valence-electron chi connectivity index (χ3n) is 7.78. The zero-order chi connectivity index (χ0) is 32.3. The molecule has 1 aromatic carbocycles. The van der Waals surface area contributed by atoms with E-state index in [0.717, 1.165) is 17.0 Å². The number of carbonyl (C=O) groups excluding carboxylic acids is 5. The lowest BCUT2D eigenvalue weighted by atomic mass is 9.85. The Hall–Kier alpha value is -3.92. The monoisotopic (exact) mass is 615 g/mol. The van der Waals surface area contributed by atoms with Crippen molar-refractivity contribution in [3.05, 3.63) is 35.4 Å². The van der Waals surface area contributed by atoms with Gasteiger partial charge < -0.3 is 41.5 Å². The van der Waals surface area contributed by atoms with Gasteiger partial charge in [-0.25, -0.2) is 4.79 Å². The van der Waals surface area contributed by atoms with Gasteiger partial charge in [-0.05, 0) is 57.2 Å². The van der Waals surface area contributed by atoms with E-state index in [2.05, 4.69) is 5.32 Å². The summed E-state index contributed by atoms with van der Waals surface area (Å²) >= 11 is 0. The molecular formula is C27H36F3N5O8. The van der Waals surface area contributed by atoms with E-state index in [-0.39, 0.29) is 44.3 Å². The average Bonchev–Trinajstić information content (AvgIpc) is 3.57. The van der Waals surface area contributed by atoms with Gasteiger partial charge >= 0.3 is 12.3 Å². The molecule has 43 heavy (non-hydrogen) atoms. The van der Waals surface area contributed by atoms with Crippen LogP contribution in [0, 0.1) is 0 Å². The van der Waals surface area contributed by atoms with Crippen molar-refractivity contribution in [1.29, 1.82) is 0 Å². The number of hydrogen-bond donors (Lipinski definition) is 5. The molecule has 1 unspecified atom stereocenters. The number of aliphatic hydroxyl groups excluding tert-OH is 2. The molecule has 0 spiro atoms. The maximum Gasteiger partial charge on any atom is 0.416 e.